The van der Waals surface area contributed by atoms with E-state index in [-0.39, 0.29) is 0 Å². The van der Waals surface area contributed by atoms with Gasteiger partial charge in [0.15, 0.2) is 9.84 Å². The fourth-order valence-corrected chi connectivity index (χ4v) is 3.44. The van der Waals surface area contributed by atoms with Crippen molar-refractivity contribution >= 4 is 41.7 Å². The zero-order valence-electron chi connectivity index (χ0n) is 12.0. The Morgan fingerprint density at radius 1 is 1.30 bits per heavy atom. The number of benzene rings is 1. The average molecular weight is 429 g/mol. The molecular weight excluding hydrogens is 410 g/mol. The summed E-state index contributed by atoms with van der Waals surface area (Å²) in [7, 11) is -1.49. The minimum Gasteiger partial charge on any atom is -0.495 e. The summed E-state index contributed by atoms with van der Waals surface area (Å²) in [6.07, 6.45) is 1.25. The van der Waals surface area contributed by atoms with Crippen molar-refractivity contribution in [3.8, 4) is 5.75 Å². The smallest absolute Gasteiger partial charge is 0.153 e. The van der Waals surface area contributed by atoms with Gasteiger partial charge in [0.1, 0.15) is 5.75 Å². The van der Waals surface area contributed by atoms with Gasteiger partial charge < -0.3 is 10.1 Å². The SMILES string of the molecule is COc1c(Br)cc(Br)cc1CNCC(C)(C)S(C)(=O)=O. The van der Waals surface area contributed by atoms with Crippen LogP contribution in [0.1, 0.15) is 19.4 Å². The predicted molar refractivity (Wildman–Crippen MR) is 89.0 cm³/mol. The average Bonchev–Trinajstić information content (AvgIpc) is 2.26. The van der Waals surface area contributed by atoms with Crippen LogP contribution >= 0.6 is 31.9 Å². The Balaban J connectivity index is 2.82. The van der Waals surface area contributed by atoms with Gasteiger partial charge in [-0.25, -0.2) is 8.42 Å². The summed E-state index contributed by atoms with van der Waals surface area (Å²) in [5.41, 5.74) is 0.957. The summed E-state index contributed by atoms with van der Waals surface area (Å²) in [5.74, 6) is 0.748. The first-order valence-electron chi connectivity index (χ1n) is 6.00. The second-order valence-electron chi connectivity index (χ2n) is 5.22. The third kappa shape index (κ3) is 4.44. The molecule has 0 aliphatic heterocycles. The number of nitrogens with one attached hydrogen (secondary N) is 1. The van der Waals surface area contributed by atoms with Crippen molar-refractivity contribution in [3.63, 3.8) is 0 Å². The molecule has 0 heterocycles. The molecule has 0 saturated carbocycles. The van der Waals surface area contributed by atoms with E-state index in [1.807, 2.05) is 12.1 Å². The van der Waals surface area contributed by atoms with Gasteiger partial charge in [-0.2, -0.15) is 0 Å². The van der Waals surface area contributed by atoms with Gasteiger partial charge in [0, 0.05) is 29.4 Å². The molecule has 0 aliphatic rings. The van der Waals surface area contributed by atoms with Crippen LogP contribution in [-0.4, -0.2) is 33.1 Å². The maximum Gasteiger partial charge on any atom is 0.153 e. The number of sulfone groups is 1. The number of hydrogen-bond acceptors (Lipinski definition) is 4. The normalized spacial score (nSPS) is 12.5. The molecule has 4 nitrogen and oxygen atoms in total. The van der Waals surface area contributed by atoms with Crippen LogP contribution in [0.25, 0.3) is 0 Å². The third-order valence-corrected chi connectivity index (χ3v) is 6.36. The fraction of sp³-hybridized carbons (Fsp3) is 0.538. The van der Waals surface area contributed by atoms with Crippen molar-refractivity contribution < 1.29 is 13.2 Å². The van der Waals surface area contributed by atoms with Crippen LogP contribution in [0.4, 0.5) is 0 Å². The van der Waals surface area contributed by atoms with Crippen molar-refractivity contribution in [2.75, 3.05) is 19.9 Å². The van der Waals surface area contributed by atoms with E-state index in [4.69, 9.17) is 4.74 Å². The van der Waals surface area contributed by atoms with E-state index in [1.165, 1.54) is 6.26 Å². The highest BCUT2D eigenvalue weighted by molar-refractivity contribution is 9.11. The van der Waals surface area contributed by atoms with E-state index in [9.17, 15) is 8.42 Å². The Labute approximate surface area is 137 Å². The van der Waals surface area contributed by atoms with E-state index < -0.39 is 14.6 Å². The van der Waals surface area contributed by atoms with Gasteiger partial charge in [-0.1, -0.05) is 15.9 Å². The van der Waals surface area contributed by atoms with Crippen LogP contribution in [0.15, 0.2) is 21.1 Å². The molecule has 0 aliphatic carbocycles. The number of hydrogen-bond donors (Lipinski definition) is 1. The van der Waals surface area contributed by atoms with Gasteiger partial charge in [-0.3, -0.25) is 0 Å². The van der Waals surface area contributed by atoms with Crippen molar-refractivity contribution in [2.45, 2.75) is 25.1 Å². The second kappa shape index (κ2) is 6.77. The molecule has 114 valence electrons. The minimum atomic E-state index is -3.10. The molecule has 0 aromatic heterocycles. The summed E-state index contributed by atoms with van der Waals surface area (Å²) in [6, 6.07) is 3.85. The highest BCUT2D eigenvalue weighted by Crippen LogP contribution is 2.32. The molecule has 0 amide bonds. The van der Waals surface area contributed by atoms with E-state index >= 15 is 0 Å². The van der Waals surface area contributed by atoms with E-state index in [0.29, 0.717) is 13.1 Å². The largest absolute Gasteiger partial charge is 0.495 e. The van der Waals surface area contributed by atoms with Crippen molar-refractivity contribution in [1.29, 1.82) is 0 Å². The summed E-state index contributed by atoms with van der Waals surface area (Å²) >= 11 is 6.87. The summed E-state index contributed by atoms with van der Waals surface area (Å²) in [6.45, 7) is 4.33. The molecular formula is C13H19Br2NO3S. The number of halogens is 2. The molecule has 0 saturated heterocycles. The van der Waals surface area contributed by atoms with Crippen LogP contribution in [0, 0.1) is 0 Å². The fourth-order valence-electron chi connectivity index (χ4n) is 1.60. The van der Waals surface area contributed by atoms with Gasteiger partial charge in [0.2, 0.25) is 0 Å². The molecule has 1 aromatic carbocycles. The summed E-state index contributed by atoms with van der Waals surface area (Å²) < 4.78 is 29.6. The maximum atomic E-state index is 11.6. The molecule has 0 unspecified atom stereocenters. The van der Waals surface area contributed by atoms with E-state index in [2.05, 4.69) is 37.2 Å². The molecule has 20 heavy (non-hydrogen) atoms. The standard InChI is InChI=1S/C13H19Br2NO3S/c1-13(2,20(4,17)18)8-16-7-9-5-10(14)6-11(15)12(9)19-3/h5-6,16H,7-8H2,1-4H3. The number of rotatable bonds is 6. The Morgan fingerprint density at radius 3 is 2.40 bits per heavy atom. The molecule has 0 fully saturated rings. The lowest BCUT2D eigenvalue weighted by atomic mass is 10.1. The van der Waals surface area contributed by atoms with Crippen LogP contribution in [0.2, 0.25) is 0 Å². The first-order valence-corrected chi connectivity index (χ1v) is 9.48. The zero-order chi connectivity index (χ0) is 15.6. The minimum absolute atomic E-state index is 0.374. The first-order chi connectivity index (χ1) is 9.08. The van der Waals surface area contributed by atoms with Gasteiger partial charge >= 0.3 is 0 Å². The lowest BCUT2D eigenvalue weighted by Gasteiger charge is -2.23. The second-order valence-corrected chi connectivity index (χ2v) is 9.63. The molecule has 0 bridgehead atoms. The van der Waals surface area contributed by atoms with Gasteiger partial charge in [0.25, 0.3) is 0 Å². The number of ether oxygens (including phenoxy) is 1. The Bertz CT molecular complexity index is 586. The van der Waals surface area contributed by atoms with Crippen LogP contribution in [-0.2, 0) is 16.4 Å². The number of methoxy groups -OCH3 is 1. The summed E-state index contributed by atoms with van der Waals surface area (Å²) in [4.78, 5) is 0. The highest BCUT2D eigenvalue weighted by Gasteiger charge is 2.29. The predicted octanol–water partition coefficient (Wildman–Crippen LogP) is 3.13. The topological polar surface area (TPSA) is 55.4 Å². The first kappa shape index (κ1) is 17.9. The van der Waals surface area contributed by atoms with Crippen molar-refractivity contribution in [3.05, 3.63) is 26.6 Å². The molecule has 1 rings (SSSR count). The molecule has 0 radical (unpaired) electrons. The van der Waals surface area contributed by atoms with Crippen molar-refractivity contribution in [1.82, 2.24) is 5.32 Å². The van der Waals surface area contributed by atoms with Crippen molar-refractivity contribution in [2.24, 2.45) is 0 Å². The van der Waals surface area contributed by atoms with Crippen LogP contribution in [0.3, 0.4) is 0 Å². The van der Waals surface area contributed by atoms with Gasteiger partial charge in [-0.15, -0.1) is 0 Å². The van der Waals surface area contributed by atoms with E-state index in [1.54, 1.807) is 21.0 Å². The highest BCUT2D eigenvalue weighted by atomic mass is 79.9. The Kier molecular flexibility index (Phi) is 6.07. The lowest BCUT2D eigenvalue weighted by Crippen LogP contribution is -2.41. The third-order valence-electron chi connectivity index (χ3n) is 3.16. The van der Waals surface area contributed by atoms with Crippen LogP contribution in [0.5, 0.6) is 5.75 Å². The maximum absolute atomic E-state index is 11.6. The lowest BCUT2D eigenvalue weighted by molar-refractivity contribution is 0.404. The molecule has 0 atom stereocenters. The van der Waals surface area contributed by atoms with E-state index in [0.717, 1.165) is 20.3 Å². The zero-order valence-corrected chi connectivity index (χ0v) is 15.9. The Hall–Kier alpha value is -0.110. The van der Waals surface area contributed by atoms with Gasteiger partial charge in [-0.05, 0) is 41.9 Å². The van der Waals surface area contributed by atoms with Gasteiger partial charge in [0.05, 0.1) is 16.3 Å². The Morgan fingerprint density at radius 2 is 1.90 bits per heavy atom. The molecule has 7 heteroatoms. The quantitative estimate of drug-likeness (QED) is 0.756. The molecule has 0 spiro atoms. The monoisotopic (exact) mass is 427 g/mol. The molecule has 1 aromatic rings. The van der Waals surface area contributed by atoms with Crippen LogP contribution < -0.4 is 10.1 Å². The summed E-state index contributed by atoms with van der Waals surface area (Å²) in [5, 5.41) is 3.18. The molecule has 1 N–H and O–H groups in total.